The number of ether oxygens (including phenoxy) is 3. The number of halogens is 2. The van der Waals surface area contributed by atoms with Crippen LogP contribution in [-0.2, 0) is 27.4 Å². The molecule has 5 rings (SSSR count). The highest BCUT2D eigenvalue weighted by atomic mass is 19.1. The van der Waals surface area contributed by atoms with Gasteiger partial charge in [-0.3, -0.25) is 4.98 Å². The molecule has 1 aromatic heterocycles. The van der Waals surface area contributed by atoms with E-state index in [4.69, 9.17) is 19.2 Å². The highest BCUT2D eigenvalue weighted by Gasteiger charge is 2.42. The molecule has 2 heterocycles. The van der Waals surface area contributed by atoms with Crippen molar-refractivity contribution in [1.29, 1.82) is 0 Å². The average Bonchev–Trinajstić information content (AvgIpc) is 2.99. The number of carbonyl (C=O) groups is 1. The first-order chi connectivity index (χ1) is 21.9. The van der Waals surface area contributed by atoms with Gasteiger partial charge in [-0.15, -0.1) is 0 Å². The molecule has 0 N–H and O–H groups in total. The van der Waals surface area contributed by atoms with Crippen molar-refractivity contribution in [3.63, 3.8) is 0 Å². The lowest BCUT2D eigenvalue weighted by Gasteiger charge is -2.49. The van der Waals surface area contributed by atoms with E-state index >= 15 is 0 Å². The molecule has 1 aliphatic carbocycles. The minimum Gasteiger partial charge on any atom is -0.493 e. The third kappa shape index (κ3) is 7.88. The lowest BCUT2D eigenvalue weighted by Crippen LogP contribution is -2.44. The van der Waals surface area contributed by atoms with E-state index in [-0.39, 0.29) is 11.9 Å². The summed E-state index contributed by atoms with van der Waals surface area (Å²) in [5.74, 6) is -0.0671. The van der Waals surface area contributed by atoms with Crippen LogP contribution >= 0.6 is 0 Å². The molecule has 2 fully saturated rings. The van der Waals surface area contributed by atoms with Crippen molar-refractivity contribution in [2.24, 2.45) is 5.41 Å². The molecular weight excluding hydrogens is 586 g/mol. The van der Waals surface area contributed by atoms with Crippen LogP contribution in [0.2, 0.25) is 0 Å². The van der Waals surface area contributed by atoms with Crippen molar-refractivity contribution in [2.45, 2.75) is 105 Å². The van der Waals surface area contributed by atoms with Gasteiger partial charge in [0, 0.05) is 36.3 Å². The minimum atomic E-state index is -1.04. The zero-order valence-corrected chi connectivity index (χ0v) is 28.1. The smallest absolute Gasteiger partial charge is 0.340 e. The van der Waals surface area contributed by atoms with E-state index in [1.165, 1.54) is 31.4 Å². The monoisotopic (exact) mass is 634 g/mol. The number of anilines is 1. The Balaban J connectivity index is 1.55. The minimum absolute atomic E-state index is 0.263. The fraction of sp³-hybridized carbons (Fsp3) is 0.526. The Kier molecular flexibility index (Phi) is 10.4. The first-order valence-corrected chi connectivity index (χ1v) is 16.6. The molecule has 1 spiro atoms. The predicted molar refractivity (Wildman–Crippen MR) is 177 cm³/mol. The topological polar surface area (TPSA) is 60.9 Å². The van der Waals surface area contributed by atoms with Crippen LogP contribution in [0.25, 0.3) is 11.1 Å². The number of esters is 1. The van der Waals surface area contributed by atoms with Gasteiger partial charge in [-0.1, -0.05) is 30.7 Å². The molecule has 1 atom stereocenters. The Labute approximate surface area is 272 Å². The first-order valence-electron chi connectivity index (χ1n) is 16.6. The second-order valence-electron chi connectivity index (χ2n) is 14.1. The fourth-order valence-electron chi connectivity index (χ4n) is 6.71. The Hall–Kier alpha value is -3.52. The van der Waals surface area contributed by atoms with Gasteiger partial charge >= 0.3 is 5.97 Å². The number of hydrogen-bond acceptors (Lipinski definition) is 6. The van der Waals surface area contributed by atoms with Crippen LogP contribution in [0, 0.1) is 18.2 Å². The van der Waals surface area contributed by atoms with Crippen molar-refractivity contribution in [3.8, 4) is 16.9 Å². The molecule has 248 valence electrons. The predicted octanol–water partition coefficient (Wildman–Crippen LogP) is 8.87. The maximum Gasteiger partial charge on any atom is 0.340 e. The molecule has 0 amide bonds. The molecule has 0 unspecified atom stereocenters. The second kappa shape index (κ2) is 14.1. The van der Waals surface area contributed by atoms with E-state index in [0.717, 1.165) is 42.7 Å². The van der Waals surface area contributed by atoms with Crippen molar-refractivity contribution >= 4 is 11.7 Å². The summed E-state index contributed by atoms with van der Waals surface area (Å²) in [6, 6.07) is 14.0. The molecule has 0 bridgehead atoms. The number of carbonyl (C=O) groups excluding carboxylic acids is 1. The van der Waals surface area contributed by atoms with E-state index < -0.39 is 24.3 Å². The Morgan fingerprint density at radius 2 is 1.65 bits per heavy atom. The van der Waals surface area contributed by atoms with E-state index in [2.05, 4.69) is 4.90 Å². The van der Waals surface area contributed by atoms with Gasteiger partial charge in [-0.25, -0.2) is 13.6 Å². The standard InChI is InChI=1S/C38H48F2N2O4/c1-25(2)45-36(43)35(46-37(4,5)6)32-26(3)41-31(24-39)33(34(32)42-21-19-38(20-22-42)17-7-18-38)28-10-14-30(15-11-28)44-23-16-27-8-12-29(40)13-9-27/h8-15,25,35H,7,16-24H2,1-6H3/t35-/m0/s1. The van der Waals surface area contributed by atoms with Crippen LogP contribution in [-0.4, -0.2) is 42.4 Å². The molecule has 2 aromatic carbocycles. The number of nitrogens with zero attached hydrogens (tertiary/aromatic N) is 2. The lowest BCUT2D eigenvalue weighted by atomic mass is 9.63. The van der Waals surface area contributed by atoms with Crippen LogP contribution in [0.15, 0.2) is 48.5 Å². The zero-order valence-electron chi connectivity index (χ0n) is 28.1. The van der Waals surface area contributed by atoms with Gasteiger partial charge in [0.15, 0.2) is 6.10 Å². The van der Waals surface area contributed by atoms with Crippen LogP contribution in [0.1, 0.15) is 95.3 Å². The lowest BCUT2D eigenvalue weighted by molar-refractivity contribution is -0.171. The van der Waals surface area contributed by atoms with Gasteiger partial charge in [0.05, 0.1) is 29.7 Å². The van der Waals surface area contributed by atoms with Gasteiger partial charge in [0.25, 0.3) is 0 Å². The van der Waals surface area contributed by atoms with E-state index in [9.17, 15) is 13.6 Å². The number of benzene rings is 2. The molecule has 46 heavy (non-hydrogen) atoms. The molecular formula is C38H48F2N2O4. The fourth-order valence-corrected chi connectivity index (χ4v) is 6.71. The van der Waals surface area contributed by atoms with Crippen LogP contribution in [0.3, 0.4) is 0 Å². The molecule has 1 saturated heterocycles. The summed E-state index contributed by atoms with van der Waals surface area (Å²) >= 11 is 0. The van der Waals surface area contributed by atoms with Gasteiger partial charge < -0.3 is 19.1 Å². The third-order valence-electron chi connectivity index (χ3n) is 9.17. The first kappa shape index (κ1) is 33.8. The molecule has 1 saturated carbocycles. The third-order valence-corrected chi connectivity index (χ3v) is 9.17. The molecule has 8 heteroatoms. The summed E-state index contributed by atoms with van der Waals surface area (Å²) in [5.41, 5.74) is 4.51. The van der Waals surface area contributed by atoms with Crippen LogP contribution in [0.4, 0.5) is 14.5 Å². The Morgan fingerprint density at radius 1 is 1.00 bits per heavy atom. The number of rotatable bonds is 11. The van der Waals surface area contributed by atoms with Crippen molar-refractivity contribution in [3.05, 3.63) is 76.9 Å². The van der Waals surface area contributed by atoms with Crippen LogP contribution in [0.5, 0.6) is 5.75 Å². The molecule has 6 nitrogen and oxygen atoms in total. The number of pyridine rings is 1. The quantitative estimate of drug-likeness (QED) is 0.196. The van der Waals surface area contributed by atoms with E-state index in [1.54, 1.807) is 12.1 Å². The number of piperidine rings is 1. The SMILES string of the molecule is Cc1nc(CF)c(-c2ccc(OCCc3ccc(F)cc3)cc2)c(N2CCC3(CCC3)CC2)c1[C@H](OC(C)(C)C)C(=O)OC(C)C. The second-order valence-corrected chi connectivity index (χ2v) is 14.1. The number of hydrogen-bond donors (Lipinski definition) is 0. The van der Waals surface area contributed by atoms with Crippen molar-refractivity contribution in [1.82, 2.24) is 4.98 Å². The summed E-state index contributed by atoms with van der Waals surface area (Å²) in [6.07, 6.45) is 5.17. The van der Waals surface area contributed by atoms with E-state index in [0.29, 0.717) is 46.7 Å². The van der Waals surface area contributed by atoms with Crippen molar-refractivity contribution in [2.75, 3.05) is 24.6 Å². The van der Waals surface area contributed by atoms with Gasteiger partial charge in [0.1, 0.15) is 18.2 Å². The largest absolute Gasteiger partial charge is 0.493 e. The van der Waals surface area contributed by atoms with E-state index in [1.807, 2.05) is 65.8 Å². The number of aryl methyl sites for hydroxylation is 1. The average molecular weight is 635 g/mol. The van der Waals surface area contributed by atoms with Crippen LogP contribution < -0.4 is 9.64 Å². The Bertz CT molecular complexity index is 1490. The van der Waals surface area contributed by atoms with Gasteiger partial charge in [0.2, 0.25) is 0 Å². The maximum absolute atomic E-state index is 14.9. The summed E-state index contributed by atoms with van der Waals surface area (Å²) < 4.78 is 46.4. The van der Waals surface area contributed by atoms with Crippen molar-refractivity contribution < 1.29 is 27.8 Å². The molecule has 3 aromatic rings. The maximum atomic E-state index is 14.9. The van der Waals surface area contributed by atoms with Gasteiger partial charge in [-0.05, 0) is 108 Å². The Morgan fingerprint density at radius 3 is 2.20 bits per heavy atom. The number of aromatic nitrogens is 1. The summed E-state index contributed by atoms with van der Waals surface area (Å²) in [5, 5.41) is 0. The zero-order chi connectivity index (χ0) is 33.1. The normalized spacial score (nSPS) is 16.8. The highest BCUT2D eigenvalue weighted by Crippen LogP contribution is 2.51. The molecule has 1 aliphatic heterocycles. The molecule has 2 aliphatic rings. The van der Waals surface area contributed by atoms with Gasteiger partial charge in [-0.2, -0.15) is 0 Å². The number of alkyl halides is 1. The summed E-state index contributed by atoms with van der Waals surface area (Å²) in [6.45, 7) is 12.5. The summed E-state index contributed by atoms with van der Waals surface area (Å²) in [4.78, 5) is 20.8. The highest BCUT2D eigenvalue weighted by molar-refractivity contribution is 5.88. The summed E-state index contributed by atoms with van der Waals surface area (Å²) in [7, 11) is 0. The molecule has 0 radical (unpaired) electrons.